The summed E-state index contributed by atoms with van der Waals surface area (Å²) in [4.78, 5) is 27.2. The van der Waals surface area contributed by atoms with Gasteiger partial charge in [-0.1, -0.05) is 42.5 Å². The molecule has 0 unspecified atom stereocenters. The van der Waals surface area contributed by atoms with Crippen molar-refractivity contribution in [2.24, 2.45) is 5.92 Å². The minimum Gasteiger partial charge on any atom is -0.452 e. The van der Waals surface area contributed by atoms with E-state index < -0.39 is 5.97 Å². The first-order valence-electron chi connectivity index (χ1n) is 7.31. The van der Waals surface area contributed by atoms with Gasteiger partial charge in [-0.25, -0.2) is 9.78 Å². The molecule has 120 valence electrons. The van der Waals surface area contributed by atoms with Crippen molar-refractivity contribution in [3.05, 3.63) is 28.0 Å². The van der Waals surface area contributed by atoms with E-state index in [4.69, 9.17) is 27.9 Å². The van der Waals surface area contributed by atoms with Crippen LogP contribution in [0.2, 0.25) is 10.2 Å². The molecule has 0 radical (unpaired) electrons. The lowest BCUT2D eigenvalue weighted by molar-refractivity contribution is -0.124. The number of pyridine rings is 1. The molecule has 0 atom stereocenters. The average molecular weight is 345 g/mol. The molecule has 1 saturated carbocycles. The van der Waals surface area contributed by atoms with Crippen LogP contribution in [0.25, 0.3) is 0 Å². The predicted molar refractivity (Wildman–Crippen MR) is 84.1 cm³/mol. The maximum absolute atomic E-state index is 11.8. The second kappa shape index (κ2) is 8.34. The van der Waals surface area contributed by atoms with E-state index in [-0.39, 0.29) is 28.3 Å². The summed E-state index contributed by atoms with van der Waals surface area (Å²) in [5.74, 6) is -0.418. The van der Waals surface area contributed by atoms with E-state index in [1.54, 1.807) is 0 Å². The standard InChI is InChI=1S/C15H18Cl2N2O3/c16-12-6-11(8-19-14(12)17)15(21)22-9-13(20)18-7-10-4-2-1-3-5-10/h6,8,10H,1-5,7,9H2,(H,18,20). The van der Waals surface area contributed by atoms with Gasteiger partial charge in [0.1, 0.15) is 5.15 Å². The van der Waals surface area contributed by atoms with Crippen LogP contribution in [0.3, 0.4) is 0 Å². The predicted octanol–water partition coefficient (Wildman–Crippen LogP) is 3.24. The van der Waals surface area contributed by atoms with Crippen LogP contribution in [-0.4, -0.2) is 30.0 Å². The van der Waals surface area contributed by atoms with Gasteiger partial charge in [0.25, 0.3) is 5.91 Å². The third kappa shape index (κ3) is 5.14. The number of carbonyl (C=O) groups excluding carboxylic acids is 2. The number of ether oxygens (including phenoxy) is 1. The van der Waals surface area contributed by atoms with E-state index in [9.17, 15) is 9.59 Å². The van der Waals surface area contributed by atoms with Gasteiger partial charge in [-0.15, -0.1) is 0 Å². The molecule has 1 aliphatic carbocycles. The third-order valence-electron chi connectivity index (χ3n) is 3.68. The second-order valence-electron chi connectivity index (χ2n) is 5.38. The van der Waals surface area contributed by atoms with Crippen LogP contribution < -0.4 is 5.32 Å². The lowest BCUT2D eigenvalue weighted by Crippen LogP contribution is -2.33. The lowest BCUT2D eigenvalue weighted by Gasteiger charge is -2.21. The Kier molecular flexibility index (Phi) is 6.46. The van der Waals surface area contributed by atoms with Crippen molar-refractivity contribution in [1.82, 2.24) is 10.3 Å². The molecule has 0 spiro atoms. The van der Waals surface area contributed by atoms with E-state index in [1.165, 1.54) is 31.5 Å². The van der Waals surface area contributed by atoms with Gasteiger partial charge in [-0.05, 0) is 24.8 Å². The fraction of sp³-hybridized carbons (Fsp3) is 0.533. The molecule has 0 saturated heterocycles. The molecule has 1 aliphatic rings. The van der Waals surface area contributed by atoms with E-state index in [0.29, 0.717) is 12.5 Å². The zero-order chi connectivity index (χ0) is 15.9. The highest BCUT2D eigenvalue weighted by Gasteiger charge is 2.16. The summed E-state index contributed by atoms with van der Waals surface area (Å²) in [6, 6.07) is 1.36. The maximum atomic E-state index is 11.8. The Labute approximate surface area is 139 Å². The van der Waals surface area contributed by atoms with Gasteiger partial charge in [0.05, 0.1) is 10.6 Å². The highest BCUT2D eigenvalue weighted by Crippen LogP contribution is 2.22. The van der Waals surface area contributed by atoms with E-state index in [1.807, 2.05) is 0 Å². The van der Waals surface area contributed by atoms with Crippen LogP contribution in [0, 0.1) is 5.92 Å². The van der Waals surface area contributed by atoms with Crippen LogP contribution in [0.15, 0.2) is 12.3 Å². The second-order valence-corrected chi connectivity index (χ2v) is 6.15. The monoisotopic (exact) mass is 344 g/mol. The highest BCUT2D eigenvalue weighted by molar-refractivity contribution is 6.41. The van der Waals surface area contributed by atoms with Gasteiger partial charge in [0.15, 0.2) is 6.61 Å². The quantitative estimate of drug-likeness (QED) is 0.657. The Morgan fingerprint density at radius 3 is 2.68 bits per heavy atom. The largest absolute Gasteiger partial charge is 0.452 e. The molecule has 1 heterocycles. The van der Waals surface area contributed by atoms with Gasteiger partial charge < -0.3 is 10.1 Å². The van der Waals surface area contributed by atoms with Crippen molar-refractivity contribution in [3.63, 3.8) is 0 Å². The Balaban J connectivity index is 1.73. The van der Waals surface area contributed by atoms with E-state index >= 15 is 0 Å². The van der Waals surface area contributed by atoms with Crippen molar-refractivity contribution >= 4 is 35.1 Å². The van der Waals surface area contributed by atoms with Crippen molar-refractivity contribution in [1.29, 1.82) is 0 Å². The Morgan fingerprint density at radius 2 is 2.00 bits per heavy atom. The fourth-order valence-electron chi connectivity index (χ4n) is 2.45. The molecule has 1 N–H and O–H groups in total. The molecule has 1 aromatic rings. The van der Waals surface area contributed by atoms with Gasteiger partial charge >= 0.3 is 5.97 Å². The number of nitrogens with zero attached hydrogens (tertiary/aromatic N) is 1. The minimum atomic E-state index is -0.654. The first kappa shape index (κ1) is 17.0. The molecular weight excluding hydrogens is 327 g/mol. The molecule has 1 fully saturated rings. The molecule has 7 heteroatoms. The van der Waals surface area contributed by atoms with Gasteiger partial charge in [-0.2, -0.15) is 0 Å². The van der Waals surface area contributed by atoms with Crippen LogP contribution in [-0.2, 0) is 9.53 Å². The molecule has 0 aliphatic heterocycles. The number of carbonyl (C=O) groups is 2. The average Bonchev–Trinajstić information content (AvgIpc) is 2.54. The minimum absolute atomic E-state index is 0.114. The van der Waals surface area contributed by atoms with Crippen molar-refractivity contribution in [2.45, 2.75) is 32.1 Å². The number of halogens is 2. The Bertz CT molecular complexity index is 546. The van der Waals surface area contributed by atoms with E-state index in [0.717, 1.165) is 12.8 Å². The summed E-state index contributed by atoms with van der Waals surface area (Å²) in [6.45, 7) is 0.330. The molecule has 1 amide bonds. The topological polar surface area (TPSA) is 68.3 Å². The molecule has 2 rings (SSSR count). The third-order valence-corrected chi connectivity index (χ3v) is 4.37. The molecule has 1 aromatic heterocycles. The lowest BCUT2D eigenvalue weighted by atomic mass is 9.89. The van der Waals surface area contributed by atoms with Gasteiger partial charge in [-0.3, -0.25) is 4.79 Å². The SMILES string of the molecule is O=C(COC(=O)c1cnc(Cl)c(Cl)c1)NCC1CCCCC1. The van der Waals surface area contributed by atoms with Crippen molar-refractivity contribution in [3.8, 4) is 0 Å². The zero-order valence-electron chi connectivity index (χ0n) is 12.1. The van der Waals surface area contributed by atoms with Crippen LogP contribution in [0.4, 0.5) is 0 Å². The smallest absolute Gasteiger partial charge is 0.340 e. The number of aromatic nitrogens is 1. The van der Waals surface area contributed by atoms with Crippen molar-refractivity contribution < 1.29 is 14.3 Å². The number of amides is 1. The number of esters is 1. The molecular formula is C15H18Cl2N2O3. The zero-order valence-corrected chi connectivity index (χ0v) is 13.6. The number of hydrogen-bond acceptors (Lipinski definition) is 4. The summed E-state index contributed by atoms with van der Waals surface area (Å²) < 4.78 is 4.93. The fourth-order valence-corrected chi connectivity index (χ4v) is 2.72. The summed E-state index contributed by atoms with van der Waals surface area (Å²) in [5.41, 5.74) is 0.162. The summed E-state index contributed by atoms with van der Waals surface area (Å²) in [6.07, 6.45) is 7.28. The molecule has 5 nitrogen and oxygen atoms in total. The van der Waals surface area contributed by atoms with Gasteiger partial charge in [0.2, 0.25) is 0 Å². The number of rotatable bonds is 5. The first-order valence-corrected chi connectivity index (χ1v) is 8.06. The van der Waals surface area contributed by atoms with Crippen molar-refractivity contribution in [2.75, 3.05) is 13.2 Å². The summed E-state index contributed by atoms with van der Waals surface area (Å²) >= 11 is 11.4. The summed E-state index contributed by atoms with van der Waals surface area (Å²) in [5, 5.41) is 3.08. The van der Waals surface area contributed by atoms with E-state index in [2.05, 4.69) is 10.3 Å². The van der Waals surface area contributed by atoms with Crippen LogP contribution >= 0.6 is 23.2 Å². The normalized spacial score (nSPS) is 15.4. The molecule has 0 aromatic carbocycles. The maximum Gasteiger partial charge on any atom is 0.340 e. The first-order chi connectivity index (χ1) is 10.6. The number of nitrogens with one attached hydrogen (secondary N) is 1. The van der Waals surface area contributed by atoms with Crippen LogP contribution in [0.5, 0.6) is 0 Å². The molecule has 0 bridgehead atoms. The van der Waals surface area contributed by atoms with Crippen LogP contribution in [0.1, 0.15) is 42.5 Å². The molecule has 22 heavy (non-hydrogen) atoms. The Hall–Kier alpha value is -1.33. The highest BCUT2D eigenvalue weighted by atomic mass is 35.5. The summed E-state index contributed by atoms with van der Waals surface area (Å²) in [7, 11) is 0. The Morgan fingerprint density at radius 1 is 1.27 bits per heavy atom. The van der Waals surface area contributed by atoms with Gasteiger partial charge in [0, 0.05) is 12.7 Å². The number of hydrogen-bond donors (Lipinski definition) is 1.